The Bertz CT molecular complexity index is 696. The van der Waals surface area contributed by atoms with E-state index in [-0.39, 0.29) is 5.91 Å². The van der Waals surface area contributed by atoms with Gasteiger partial charge in [0.2, 0.25) is 0 Å². The van der Waals surface area contributed by atoms with Gasteiger partial charge in [-0.15, -0.1) is 11.3 Å². The van der Waals surface area contributed by atoms with Crippen LogP contribution in [0.2, 0.25) is 0 Å². The number of carbonyl (C=O) groups excluding carboxylic acids is 1. The highest BCUT2D eigenvalue weighted by atomic mass is 32.1. The van der Waals surface area contributed by atoms with Crippen LogP contribution in [0.4, 0.5) is 13.2 Å². The topological polar surface area (TPSA) is 33.2 Å². The first-order valence-electron chi connectivity index (χ1n) is 6.28. The molecule has 1 atom stereocenters. The summed E-state index contributed by atoms with van der Waals surface area (Å²) in [5.41, 5.74) is 0.144. The Balaban J connectivity index is 1.88. The summed E-state index contributed by atoms with van der Waals surface area (Å²) in [4.78, 5) is 18.1. The minimum Gasteiger partial charge on any atom is -0.327 e. The fourth-order valence-electron chi connectivity index (χ4n) is 2.39. The lowest BCUT2D eigenvalue weighted by Gasteiger charge is -2.25. The second-order valence-corrected chi connectivity index (χ2v) is 5.84. The van der Waals surface area contributed by atoms with Crippen molar-refractivity contribution < 1.29 is 18.0 Å². The molecular weight excluding hydrogens is 301 g/mol. The van der Waals surface area contributed by atoms with Crippen molar-refractivity contribution in [2.24, 2.45) is 0 Å². The van der Waals surface area contributed by atoms with Gasteiger partial charge in [0.25, 0.3) is 5.91 Å². The molecule has 0 saturated heterocycles. The van der Waals surface area contributed by atoms with Crippen LogP contribution >= 0.6 is 11.3 Å². The standard InChI is InChI=1S/C14H11F3N2OS/c1-8(9-2-4-18-12(6-9)14(15,16)17)19-7-11-10(13(19)20)3-5-21-11/h2-6,8H,7H2,1H3. The third kappa shape index (κ3) is 2.42. The second kappa shape index (κ2) is 4.84. The highest BCUT2D eigenvalue weighted by Crippen LogP contribution is 2.35. The van der Waals surface area contributed by atoms with Gasteiger partial charge in [-0.1, -0.05) is 0 Å². The molecule has 2 aromatic heterocycles. The van der Waals surface area contributed by atoms with Crippen LogP contribution < -0.4 is 0 Å². The Morgan fingerprint density at radius 1 is 1.38 bits per heavy atom. The van der Waals surface area contributed by atoms with Crippen molar-refractivity contribution in [2.45, 2.75) is 25.7 Å². The van der Waals surface area contributed by atoms with Crippen LogP contribution in [0, 0.1) is 0 Å². The number of alkyl halides is 3. The number of aromatic nitrogens is 1. The summed E-state index contributed by atoms with van der Waals surface area (Å²) in [6.07, 6.45) is -3.35. The molecule has 1 aliphatic rings. The van der Waals surface area contributed by atoms with E-state index in [4.69, 9.17) is 0 Å². The number of pyridine rings is 1. The number of hydrogen-bond acceptors (Lipinski definition) is 3. The molecule has 3 rings (SSSR count). The fraction of sp³-hybridized carbons (Fsp3) is 0.286. The van der Waals surface area contributed by atoms with Crippen molar-refractivity contribution in [1.82, 2.24) is 9.88 Å². The van der Waals surface area contributed by atoms with Gasteiger partial charge in [0.1, 0.15) is 5.69 Å². The summed E-state index contributed by atoms with van der Waals surface area (Å²) < 4.78 is 38.1. The van der Waals surface area contributed by atoms with E-state index < -0.39 is 17.9 Å². The largest absolute Gasteiger partial charge is 0.433 e. The van der Waals surface area contributed by atoms with E-state index in [2.05, 4.69) is 4.98 Å². The van der Waals surface area contributed by atoms with Gasteiger partial charge in [-0.2, -0.15) is 13.2 Å². The van der Waals surface area contributed by atoms with E-state index >= 15 is 0 Å². The summed E-state index contributed by atoms with van der Waals surface area (Å²) in [5, 5.41) is 1.85. The number of nitrogens with zero attached hydrogens (tertiary/aromatic N) is 2. The zero-order chi connectivity index (χ0) is 15.2. The second-order valence-electron chi connectivity index (χ2n) is 4.84. The Hall–Kier alpha value is -1.89. The monoisotopic (exact) mass is 312 g/mol. The number of fused-ring (bicyclic) bond motifs is 1. The maximum absolute atomic E-state index is 12.7. The minimum absolute atomic E-state index is 0.135. The maximum atomic E-state index is 12.7. The molecule has 7 heteroatoms. The third-order valence-electron chi connectivity index (χ3n) is 3.57. The van der Waals surface area contributed by atoms with Crippen LogP contribution in [0.1, 0.15) is 39.5 Å². The van der Waals surface area contributed by atoms with E-state index in [1.165, 1.54) is 17.4 Å². The Morgan fingerprint density at radius 2 is 2.14 bits per heavy atom. The molecule has 0 spiro atoms. The lowest BCUT2D eigenvalue weighted by Crippen LogP contribution is -2.27. The number of halogens is 3. The van der Waals surface area contributed by atoms with Crippen molar-refractivity contribution in [3.05, 3.63) is 51.5 Å². The van der Waals surface area contributed by atoms with E-state index in [0.717, 1.165) is 17.1 Å². The van der Waals surface area contributed by atoms with Crippen LogP contribution in [-0.2, 0) is 12.7 Å². The molecule has 1 amide bonds. The molecule has 0 radical (unpaired) electrons. The van der Waals surface area contributed by atoms with Crippen LogP contribution in [0.15, 0.2) is 29.8 Å². The third-order valence-corrected chi connectivity index (χ3v) is 4.48. The van der Waals surface area contributed by atoms with E-state index in [1.807, 2.05) is 5.38 Å². The first-order valence-corrected chi connectivity index (χ1v) is 7.16. The summed E-state index contributed by atoms with van der Waals surface area (Å²) in [5.74, 6) is -0.135. The zero-order valence-electron chi connectivity index (χ0n) is 11.0. The first kappa shape index (κ1) is 14.1. The summed E-state index contributed by atoms with van der Waals surface area (Å²) in [6, 6.07) is 3.84. The molecule has 3 nitrogen and oxygen atoms in total. The summed E-state index contributed by atoms with van der Waals surface area (Å²) in [7, 11) is 0. The Kier molecular flexibility index (Phi) is 3.24. The molecule has 0 N–H and O–H groups in total. The van der Waals surface area contributed by atoms with Gasteiger partial charge < -0.3 is 4.90 Å². The average Bonchev–Trinajstić information content (AvgIpc) is 3.01. The molecule has 0 saturated carbocycles. The molecule has 1 unspecified atom stereocenters. The number of hydrogen-bond donors (Lipinski definition) is 0. The molecule has 2 aromatic rings. The molecule has 110 valence electrons. The molecule has 0 aliphatic carbocycles. The van der Waals surface area contributed by atoms with Crippen molar-refractivity contribution >= 4 is 17.2 Å². The number of amides is 1. The lowest BCUT2D eigenvalue weighted by atomic mass is 10.1. The fourth-order valence-corrected chi connectivity index (χ4v) is 3.25. The van der Waals surface area contributed by atoms with Crippen molar-refractivity contribution in [1.29, 1.82) is 0 Å². The molecule has 1 aliphatic heterocycles. The molecule has 3 heterocycles. The number of carbonyl (C=O) groups is 1. The SMILES string of the molecule is CC(c1ccnc(C(F)(F)F)c1)N1Cc2sccc2C1=O. The number of rotatable bonds is 2. The van der Waals surface area contributed by atoms with Gasteiger partial charge in [-0.25, -0.2) is 0 Å². The van der Waals surface area contributed by atoms with Crippen LogP contribution in [-0.4, -0.2) is 15.8 Å². The summed E-state index contributed by atoms with van der Waals surface area (Å²) in [6.45, 7) is 2.17. The normalized spacial score (nSPS) is 16.2. The Morgan fingerprint density at radius 3 is 2.81 bits per heavy atom. The van der Waals surface area contributed by atoms with E-state index in [0.29, 0.717) is 17.7 Å². The van der Waals surface area contributed by atoms with Gasteiger partial charge in [0, 0.05) is 11.1 Å². The minimum atomic E-state index is -4.48. The molecule has 0 fully saturated rings. The van der Waals surface area contributed by atoms with E-state index in [9.17, 15) is 18.0 Å². The van der Waals surface area contributed by atoms with Gasteiger partial charge in [0.15, 0.2) is 0 Å². The van der Waals surface area contributed by atoms with Gasteiger partial charge >= 0.3 is 6.18 Å². The summed E-state index contributed by atoms with van der Waals surface area (Å²) >= 11 is 1.48. The number of thiophene rings is 1. The van der Waals surface area contributed by atoms with Gasteiger partial charge in [-0.3, -0.25) is 9.78 Å². The van der Waals surface area contributed by atoms with Crippen LogP contribution in [0.3, 0.4) is 0 Å². The van der Waals surface area contributed by atoms with Gasteiger partial charge in [0.05, 0.1) is 18.2 Å². The lowest BCUT2D eigenvalue weighted by molar-refractivity contribution is -0.141. The Labute approximate surface area is 123 Å². The molecule has 0 bridgehead atoms. The highest BCUT2D eigenvalue weighted by Gasteiger charge is 2.35. The highest BCUT2D eigenvalue weighted by molar-refractivity contribution is 7.10. The van der Waals surface area contributed by atoms with Gasteiger partial charge in [-0.05, 0) is 36.1 Å². The van der Waals surface area contributed by atoms with Crippen molar-refractivity contribution in [2.75, 3.05) is 0 Å². The van der Waals surface area contributed by atoms with E-state index in [1.54, 1.807) is 17.9 Å². The average molecular weight is 312 g/mol. The maximum Gasteiger partial charge on any atom is 0.433 e. The first-order chi connectivity index (χ1) is 9.88. The molecular formula is C14H11F3N2OS. The van der Waals surface area contributed by atoms with Crippen molar-refractivity contribution in [3.8, 4) is 0 Å². The predicted octanol–water partition coefficient (Wildman–Crippen LogP) is 3.88. The molecule has 0 aromatic carbocycles. The zero-order valence-corrected chi connectivity index (χ0v) is 11.8. The molecule has 21 heavy (non-hydrogen) atoms. The smallest absolute Gasteiger partial charge is 0.327 e. The quantitative estimate of drug-likeness (QED) is 0.843. The van der Waals surface area contributed by atoms with Crippen molar-refractivity contribution in [3.63, 3.8) is 0 Å². The van der Waals surface area contributed by atoms with Crippen LogP contribution in [0.5, 0.6) is 0 Å². The predicted molar refractivity (Wildman–Crippen MR) is 71.8 cm³/mol. The van der Waals surface area contributed by atoms with Crippen LogP contribution in [0.25, 0.3) is 0 Å².